The molecule has 0 radical (unpaired) electrons. The smallest absolute Gasteiger partial charge is 0.306 e. The summed E-state index contributed by atoms with van der Waals surface area (Å²) in [5, 5.41) is 24.4. The van der Waals surface area contributed by atoms with Crippen molar-refractivity contribution in [3.8, 4) is 5.75 Å². The Bertz CT molecular complexity index is 682. The molecule has 124 valence electrons. The standard InChI is InChI=1S/C16H21N3O4/c1-11(2)16-5-4-15(6-12(16)3)23-10-14(20)9-18-8-13(7-17-18)19(21)22/h4-8,11,14,20H,9-10H2,1-3H3. The van der Waals surface area contributed by atoms with Crippen LogP contribution in [0.1, 0.15) is 30.9 Å². The summed E-state index contributed by atoms with van der Waals surface area (Å²) in [6.07, 6.45) is 1.63. The molecule has 0 aliphatic carbocycles. The van der Waals surface area contributed by atoms with E-state index in [9.17, 15) is 15.2 Å². The Balaban J connectivity index is 1.89. The molecule has 1 N–H and O–H groups in total. The number of aryl methyl sites for hydroxylation is 1. The molecule has 2 rings (SSSR count). The molecule has 0 aliphatic rings. The molecule has 7 heteroatoms. The third-order valence-corrected chi connectivity index (χ3v) is 3.53. The molecule has 1 atom stereocenters. The first-order chi connectivity index (χ1) is 10.9. The highest BCUT2D eigenvalue weighted by Gasteiger charge is 2.13. The molecule has 1 aromatic carbocycles. The summed E-state index contributed by atoms with van der Waals surface area (Å²) in [6, 6.07) is 5.85. The molecule has 0 fully saturated rings. The van der Waals surface area contributed by atoms with Crippen LogP contribution in [0.25, 0.3) is 0 Å². The number of benzene rings is 1. The van der Waals surface area contributed by atoms with E-state index >= 15 is 0 Å². The molecule has 1 aromatic heterocycles. The van der Waals surface area contributed by atoms with Crippen molar-refractivity contribution in [2.24, 2.45) is 0 Å². The van der Waals surface area contributed by atoms with Crippen LogP contribution in [0.3, 0.4) is 0 Å². The molecule has 23 heavy (non-hydrogen) atoms. The van der Waals surface area contributed by atoms with E-state index in [0.29, 0.717) is 11.7 Å². The summed E-state index contributed by atoms with van der Waals surface area (Å²) in [4.78, 5) is 10.1. The minimum Gasteiger partial charge on any atom is -0.491 e. The maximum absolute atomic E-state index is 10.6. The van der Waals surface area contributed by atoms with Crippen LogP contribution in [0.5, 0.6) is 5.75 Å². The van der Waals surface area contributed by atoms with Crippen molar-refractivity contribution in [2.75, 3.05) is 6.61 Å². The number of ether oxygens (including phenoxy) is 1. The van der Waals surface area contributed by atoms with Crippen molar-refractivity contribution < 1.29 is 14.8 Å². The predicted molar refractivity (Wildman–Crippen MR) is 85.7 cm³/mol. The van der Waals surface area contributed by atoms with Crippen molar-refractivity contribution in [3.63, 3.8) is 0 Å². The number of aliphatic hydroxyl groups is 1. The topological polar surface area (TPSA) is 90.4 Å². The maximum atomic E-state index is 10.6. The van der Waals surface area contributed by atoms with E-state index < -0.39 is 11.0 Å². The highest BCUT2D eigenvalue weighted by molar-refractivity contribution is 5.36. The molecule has 0 amide bonds. The van der Waals surface area contributed by atoms with Crippen LogP contribution in [-0.4, -0.2) is 32.5 Å². The van der Waals surface area contributed by atoms with E-state index in [1.54, 1.807) is 0 Å². The molecule has 0 saturated carbocycles. The first-order valence-electron chi connectivity index (χ1n) is 7.45. The van der Waals surface area contributed by atoms with Crippen molar-refractivity contribution >= 4 is 5.69 Å². The molecule has 0 saturated heterocycles. The molecular formula is C16H21N3O4. The lowest BCUT2D eigenvalue weighted by Gasteiger charge is -2.15. The van der Waals surface area contributed by atoms with Gasteiger partial charge in [-0.1, -0.05) is 19.9 Å². The number of aromatic nitrogens is 2. The van der Waals surface area contributed by atoms with Gasteiger partial charge in [-0.2, -0.15) is 5.10 Å². The molecule has 2 aromatic rings. The summed E-state index contributed by atoms with van der Waals surface area (Å²) in [7, 11) is 0. The maximum Gasteiger partial charge on any atom is 0.306 e. The zero-order chi connectivity index (χ0) is 17.0. The second kappa shape index (κ2) is 7.23. The van der Waals surface area contributed by atoms with Gasteiger partial charge >= 0.3 is 5.69 Å². The molecular weight excluding hydrogens is 298 g/mol. The summed E-state index contributed by atoms with van der Waals surface area (Å²) in [5.74, 6) is 1.14. The van der Waals surface area contributed by atoms with Crippen molar-refractivity contribution in [1.82, 2.24) is 9.78 Å². The SMILES string of the molecule is Cc1cc(OCC(O)Cn2cc([N+](=O)[O-])cn2)ccc1C(C)C. The number of nitrogens with zero attached hydrogens (tertiary/aromatic N) is 3. The molecule has 1 unspecified atom stereocenters. The molecule has 1 heterocycles. The largest absolute Gasteiger partial charge is 0.491 e. The van der Waals surface area contributed by atoms with Gasteiger partial charge in [0.25, 0.3) is 0 Å². The quantitative estimate of drug-likeness (QED) is 0.626. The van der Waals surface area contributed by atoms with E-state index in [2.05, 4.69) is 18.9 Å². The number of nitro groups is 1. The van der Waals surface area contributed by atoms with E-state index in [4.69, 9.17) is 4.74 Å². The Labute approximate surface area is 134 Å². The monoisotopic (exact) mass is 319 g/mol. The first kappa shape index (κ1) is 17.0. The number of rotatable bonds is 7. The van der Waals surface area contributed by atoms with Crippen LogP contribution in [0.2, 0.25) is 0 Å². The highest BCUT2D eigenvalue weighted by atomic mass is 16.6. The van der Waals surface area contributed by atoms with Crippen LogP contribution in [0.15, 0.2) is 30.6 Å². The Morgan fingerprint density at radius 3 is 2.74 bits per heavy atom. The van der Waals surface area contributed by atoms with Gasteiger partial charge in [0.2, 0.25) is 0 Å². The third kappa shape index (κ3) is 4.53. The highest BCUT2D eigenvalue weighted by Crippen LogP contribution is 2.23. The first-order valence-corrected chi connectivity index (χ1v) is 7.45. The van der Waals surface area contributed by atoms with Gasteiger partial charge in [0, 0.05) is 0 Å². The van der Waals surface area contributed by atoms with Crippen molar-refractivity contribution in [3.05, 3.63) is 51.8 Å². The van der Waals surface area contributed by atoms with Gasteiger partial charge < -0.3 is 9.84 Å². The average molecular weight is 319 g/mol. The van der Waals surface area contributed by atoms with Gasteiger partial charge in [0.15, 0.2) is 0 Å². The van der Waals surface area contributed by atoms with Crippen LogP contribution in [-0.2, 0) is 6.54 Å². The second-order valence-corrected chi connectivity index (χ2v) is 5.82. The summed E-state index contributed by atoms with van der Waals surface area (Å²) >= 11 is 0. The molecule has 0 bridgehead atoms. The van der Waals surface area contributed by atoms with Crippen molar-refractivity contribution in [1.29, 1.82) is 0 Å². The van der Waals surface area contributed by atoms with Crippen LogP contribution in [0, 0.1) is 17.0 Å². The van der Waals surface area contributed by atoms with Crippen LogP contribution in [0.4, 0.5) is 5.69 Å². The predicted octanol–water partition coefficient (Wildman–Crippen LogP) is 2.66. The van der Waals surface area contributed by atoms with Gasteiger partial charge in [-0.3, -0.25) is 14.8 Å². The van der Waals surface area contributed by atoms with E-state index in [0.717, 1.165) is 11.8 Å². The Morgan fingerprint density at radius 1 is 1.43 bits per heavy atom. The zero-order valence-corrected chi connectivity index (χ0v) is 13.5. The Hall–Kier alpha value is -2.41. The van der Waals surface area contributed by atoms with E-state index in [-0.39, 0.29) is 18.8 Å². The lowest BCUT2D eigenvalue weighted by Crippen LogP contribution is -2.23. The van der Waals surface area contributed by atoms with E-state index in [1.807, 2.05) is 25.1 Å². The van der Waals surface area contributed by atoms with Gasteiger partial charge in [-0.15, -0.1) is 0 Å². The molecule has 7 nitrogen and oxygen atoms in total. The van der Waals surface area contributed by atoms with Gasteiger partial charge in [0.1, 0.15) is 30.9 Å². The number of hydrogen-bond donors (Lipinski definition) is 1. The van der Waals surface area contributed by atoms with Gasteiger partial charge in [0.05, 0.1) is 11.5 Å². The minimum absolute atomic E-state index is 0.0914. The normalized spacial score (nSPS) is 12.4. The summed E-state index contributed by atoms with van der Waals surface area (Å²) in [6.45, 7) is 6.53. The number of hydrogen-bond acceptors (Lipinski definition) is 5. The third-order valence-electron chi connectivity index (χ3n) is 3.53. The summed E-state index contributed by atoms with van der Waals surface area (Å²) < 4.78 is 6.92. The van der Waals surface area contributed by atoms with Gasteiger partial charge in [-0.05, 0) is 36.1 Å². The average Bonchev–Trinajstić information content (AvgIpc) is 2.93. The van der Waals surface area contributed by atoms with Crippen molar-refractivity contribution in [2.45, 2.75) is 39.3 Å². The molecule has 0 aliphatic heterocycles. The van der Waals surface area contributed by atoms with Gasteiger partial charge in [-0.25, -0.2) is 0 Å². The number of aliphatic hydroxyl groups excluding tert-OH is 1. The lowest BCUT2D eigenvalue weighted by atomic mass is 9.98. The Morgan fingerprint density at radius 2 is 2.17 bits per heavy atom. The summed E-state index contributed by atoms with van der Waals surface area (Å²) in [5.41, 5.74) is 2.31. The zero-order valence-electron chi connectivity index (χ0n) is 13.5. The van der Waals surface area contributed by atoms with Crippen LogP contribution >= 0.6 is 0 Å². The fourth-order valence-electron chi connectivity index (χ4n) is 2.39. The lowest BCUT2D eigenvalue weighted by molar-refractivity contribution is -0.385. The molecule has 0 spiro atoms. The Kier molecular flexibility index (Phi) is 5.33. The second-order valence-electron chi connectivity index (χ2n) is 5.82. The fourth-order valence-corrected chi connectivity index (χ4v) is 2.39. The minimum atomic E-state index is -0.806. The fraction of sp³-hybridized carbons (Fsp3) is 0.438. The van der Waals surface area contributed by atoms with E-state index in [1.165, 1.54) is 16.4 Å². The van der Waals surface area contributed by atoms with Crippen LogP contribution < -0.4 is 4.74 Å².